The maximum atomic E-state index is 12.8. The molecule has 28 heavy (non-hydrogen) atoms. The molecule has 0 aromatic heterocycles. The molecule has 1 aromatic carbocycles. The molecule has 152 valence electrons. The van der Waals surface area contributed by atoms with E-state index in [1.165, 1.54) is 5.56 Å². The van der Waals surface area contributed by atoms with Gasteiger partial charge in [0.15, 0.2) is 0 Å². The van der Waals surface area contributed by atoms with Crippen molar-refractivity contribution in [2.24, 2.45) is 11.8 Å². The maximum absolute atomic E-state index is 12.8. The fourth-order valence-corrected chi connectivity index (χ4v) is 6.22. The van der Waals surface area contributed by atoms with E-state index in [2.05, 4.69) is 45.9 Å². The third-order valence-electron chi connectivity index (χ3n) is 7.32. The molecule has 2 aliphatic heterocycles. The van der Waals surface area contributed by atoms with Crippen LogP contribution in [0.25, 0.3) is 0 Å². The van der Waals surface area contributed by atoms with Crippen molar-refractivity contribution in [3.8, 4) is 0 Å². The lowest BCUT2D eigenvalue weighted by molar-refractivity contribution is -0.138. The van der Waals surface area contributed by atoms with E-state index in [4.69, 9.17) is 0 Å². The van der Waals surface area contributed by atoms with E-state index in [0.29, 0.717) is 30.7 Å². The van der Waals surface area contributed by atoms with Crippen LogP contribution in [0.3, 0.4) is 0 Å². The number of carbonyl (C=O) groups is 2. The molecule has 0 radical (unpaired) electrons. The summed E-state index contributed by atoms with van der Waals surface area (Å²) in [5.74, 6) is 1.18. The summed E-state index contributed by atoms with van der Waals surface area (Å²) in [6.45, 7) is 3.50. The normalized spacial score (nSPS) is 32.2. The van der Waals surface area contributed by atoms with Crippen LogP contribution in [-0.4, -0.2) is 41.5 Å². The van der Waals surface area contributed by atoms with Gasteiger partial charge in [-0.2, -0.15) is 0 Å². The Hall–Kier alpha value is -2.04. The molecule has 2 N–H and O–H groups in total. The average molecular weight is 384 g/mol. The van der Waals surface area contributed by atoms with Gasteiger partial charge >= 0.3 is 6.03 Å². The molecular weight excluding hydrogens is 350 g/mol. The van der Waals surface area contributed by atoms with E-state index in [0.717, 1.165) is 51.5 Å². The lowest BCUT2D eigenvalue weighted by atomic mass is 9.61. The van der Waals surface area contributed by atoms with Gasteiger partial charge in [-0.05, 0) is 69.3 Å². The minimum Gasteiger partial charge on any atom is -0.338 e. The standard InChI is InChI=1S/C23H33N3O2/c1-2-24-22(28)25-20-12-14-23-13-7-15-26(23)21(27)11-6-10-19(23)18(20)16-17-8-4-3-5-9-17/h3-5,8-9,18-20H,2,6-7,10-16H2,1H3,(H2,24,25,28)/t18?,19-,20-,23+/m0/s1. The van der Waals surface area contributed by atoms with Gasteiger partial charge in [0.05, 0.1) is 0 Å². The second-order valence-electron chi connectivity index (χ2n) is 8.75. The van der Waals surface area contributed by atoms with E-state index in [-0.39, 0.29) is 17.6 Å². The van der Waals surface area contributed by atoms with Crippen LogP contribution in [0.2, 0.25) is 0 Å². The number of hydrogen-bond acceptors (Lipinski definition) is 2. The van der Waals surface area contributed by atoms with Gasteiger partial charge in [0, 0.05) is 31.1 Å². The lowest BCUT2D eigenvalue weighted by Crippen LogP contribution is -2.61. The van der Waals surface area contributed by atoms with E-state index in [1.54, 1.807) is 0 Å². The summed E-state index contributed by atoms with van der Waals surface area (Å²) in [6, 6.07) is 10.7. The van der Waals surface area contributed by atoms with Gasteiger partial charge < -0.3 is 15.5 Å². The molecule has 4 atom stereocenters. The Morgan fingerprint density at radius 2 is 2.00 bits per heavy atom. The predicted molar refractivity (Wildman–Crippen MR) is 110 cm³/mol. The summed E-state index contributed by atoms with van der Waals surface area (Å²) in [5.41, 5.74) is 1.35. The Balaban J connectivity index is 1.65. The van der Waals surface area contributed by atoms with Crippen LogP contribution in [0.1, 0.15) is 57.4 Å². The average Bonchev–Trinajstić information content (AvgIpc) is 3.06. The first-order valence-corrected chi connectivity index (χ1v) is 11.0. The van der Waals surface area contributed by atoms with Crippen molar-refractivity contribution in [3.05, 3.63) is 35.9 Å². The molecule has 3 fully saturated rings. The summed E-state index contributed by atoms with van der Waals surface area (Å²) >= 11 is 0. The van der Waals surface area contributed by atoms with E-state index < -0.39 is 0 Å². The van der Waals surface area contributed by atoms with Crippen LogP contribution in [0.5, 0.6) is 0 Å². The molecule has 2 saturated heterocycles. The number of urea groups is 1. The first kappa shape index (κ1) is 19.3. The predicted octanol–water partition coefficient (Wildman–Crippen LogP) is 3.49. The van der Waals surface area contributed by atoms with Crippen LogP contribution >= 0.6 is 0 Å². The van der Waals surface area contributed by atoms with Gasteiger partial charge in [0.25, 0.3) is 0 Å². The zero-order valence-corrected chi connectivity index (χ0v) is 17.0. The zero-order chi connectivity index (χ0) is 19.6. The summed E-state index contributed by atoms with van der Waals surface area (Å²) < 4.78 is 0. The fourth-order valence-electron chi connectivity index (χ4n) is 6.22. The zero-order valence-electron chi connectivity index (χ0n) is 17.0. The Kier molecular flexibility index (Phi) is 5.61. The number of nitrogens with one attached hydrogen (secondary N) is 2. The smallest absolute Gasteiger partial charge is 0.315 e. The van der Waals surface area contributed by atoms with Crippen molar-refractivity contribution in [2.75, 3.05) is 13.1 Å². The van der Waals surface area contributed by atoms with Gasteiger partial charge in [-0.15, -0.1) is 0 Å². The van der Waals surface area contributed by atoms with Gasteiger partial charge in [0.2, 0.25) is 5.91 Å². The van der Waals surface area contributed by atoms with E-state index >= 15 is 0 Å². The van der Waals surface area contributed by atoms with Crippen molar-refractivity contribution in [2.45, 2.75) is 69.9 Å². The quantitative estimate of drug-likeness (QED) is 0.836. The monoisotopic (exact) mass is 383 g/mol. The van der Waals surface area contributed by atoms with Crippen molar-refractivity contribution in [1.29, 1.82) is 0 Å². The molecule has 1 aromatic rings. The number of rotatable bonds is 4. The van der Waals surface area contributed by atoms with Crippen molar-refractivity contribution in [3.63, 3.8) is 0 Å². The molecule has 1 saturated carbocycles. The van der Waals surface area contributed by atoms with Crippen LogP contribution < -0.4 is 10.6 Å². The minimum absolute atomic E-state index is 0.0203. The summed E-state index contributed by atoms with van der Waals surface area (Å²) in [4.78, 5) is 27.4. The molecule has 1 spiro atoms. The molecular formula is C23H33N3O2. The first-order chi connectivity index (χ1) is 13.6. The lowest BCUT2D eigenvalue weighted by Gasteiger charge is -2.53. The number of benzene rings is 1. The summed E-state index contributed by atoms with van der Waals surface area (Å²) in [7, 11) is 0. The minimum atomic E-state index is -0.0607. The van der Waals surface area contributed by atoms with Gasteiger partial charge in [-0.25, -0.2) is 4.79 Å². The molecule has 1 aliphatic carbocycles. The second kappa shape index (κ2) is 8.14. The third kappa shape index (κ3) is 3.51. The number of carbonyl (C=O) groups excluding carboxylic acids is 2. The first-order valence-electron chi connectivity index (χ1n) is 11.0. The van der Waals surface area contributed by atoms with Gasteiger partial charge in [0.1, 0.15) is 0 Å². The molecule has 1 unspecified atom stereocenters. The molecule has 5 heteroatoms. The highest BCUT2D eigenvalue weighted by Gasteiger charge is 2.56. The highest BCUT2D eigenvalue weighted by Crippen LogP contribution is 2.52. The second-order valence-corrected chi connectivity index (χ2v) is 8.75. The molecule has 3 amide bonds. The molecule has 4 rings (SSSR count). The highest BCUT2D eigenvalue weighted by molar-refractivity contribution is 5.78. The van der Waals surface area contributed by atoms with Crippen LogP contribution in [0.4, 0.5) is 4.79 Å². The molecule has 5 nitrogen and oxygen atoms in total. The van der Waals surface area contributed by atoms with Crippen molar-refractivity contribution >= 4 is 11.9 Å². The summed E-state index contributed by atoms with van der Waals surface area (Å²) in [5, 5.41) is 6.18. The maximum Gasteiger partial charge on any atom is 0.315 e. The fraction of sp³-hybridized carbons (Fsp3) is 0.652. The van der Waals surface area contributed by atoms with Gasteiger partial charge in [-0.3, -0.25) is 4.79 Å². The Morgan fingerprint density at radius 3 is 2.79 bits per heavy atom. The number of nitrogens with zero attached hydrogens (tertiary/aromatic N) is 1. The Labute approximate surface area is 168 Å². The largest absolute Gasteiger partial charge is 0.338 e. The third-order valence-corrected chi connectivity index (χ3v) is 7.32. The Morgan fingerprint density at radius 1 is 1.18 bits per heavy atom. The van der Waals surface area contributed by atoms with Crippen molar-refractivity contribution < 1.29 is 9.59 Å². The van der Waals surface area contributed by atoms with E-state index in [9.17, 15) is 9.59 Å². The molecule has 2 heterocycles. The number of hydrogen-bond donors (Lipinski definition) is 2. The topological polar surface area (TPSA) is 61.4 Å². The SMILES string of the molecule is CCNC(=O)N[C@H]1CC[C@@]23CCCN2C(=O)CCC[C@H]3C1Cc1ccccc1. The summed E-state index contributed by atoms with van der Waals surface area (Å²) in [6.07, 6.45) is 7.93. The van der Waals surface area contributed by atoms with E-state index in [1.807, 2.05) is 6.92 Å². The number of amides is 3. The van der Waals surface area contributed by atoms with Crippen molar-refractivity contribution in [1.82, 2.24) is 15.5 Å². The molecule has 0 bridgehead atoms. The molecule has 3 aliphatic rings. The highest BCUT2D eigenvalue weighted by atomic mass is 16.2. The Bertz CT molecular complexity index is 707. The van der Waals surface area contributed by atoms with Crippen LogP contribution in [0, 0.1) is 11.8 Å². The van der Waals surface area contributed by atoms with Crippen LogP contribution in [0.15, 0.2) is 30.3 Å². The van der Waals surface area contributed by atoms with Crippen LogP contribution in [-0.2, 0) is 11.2 Å². The van der Waals surface area contributed by atoms with Gasteiger partial charge in [-0.1, -0.05) is 30.3 Å².